The largest absolute Gasteiger partial charge is 0.347 e. The molecule has 0 unspecified atom stereocenters. The van der Waals surface area contributed by atoms with Gasteiger partial charge in [0.1, 0.15) is 5.65 Å². The molecular formula is C21H25N3OS. The lowest BCUT2D eigenvalue weighted by molar-refractivity contribution is 0.0909. The summed E-state index contributed by atoms with van der Waals surface area (Å²) in [6.45, 7) is 6.25. The van der Waals surface area contributed by atoms with Crippen LogP contribution in [0.5, 0.6) is 0 Å². The Balaban J connectivity index is 1.59. The number of imidazole rings is 1. The summed E-state index contributed by atoms with van der Waals surface area (Å²) in [5, 5.41) is 3.11. The van der Waals surface area contributed by atoms with Gasteiger partial charge in [-0.3, -0.25) is 4.79 Å². The Kier molecular flexibility index (Phi) is 5.67. The predicted molar refractivity (Wildman–Crippen MR) is 108 cm³/mol. The summed E-state index contributed by atoms with van der Waals surface area (Å²) in [7, 11) is 0. The molecule has 1 N–H and O–H groups in total. The number of thioether (sulfide) groups is 1. The molecule has 0 atom stereocenters. The molecule has 3 rings (SSSR count). The summed E-state index contributed by atoms with van der Waals surface area (Å²) in [6.07, 6.45) is 6.07. The van der Waals surface area contributed by atoms with Crippen LogP contribution in [0.2, 0.25) is 0 Å². The van der Waals surface area contributed by atoms with Crippen LogP contribution in [0, 0.1) is 0 Å². The molecule has 0 aliphatic carbocycles. The van der Waals surface area contributed by atoms with E-state index in [4.69, 9.17) is 0 Å². The molecule has 0 saturated heterocycles. The summed E-state index contributed by atoms with van der Waals surface area (Å²) in [6, 6.07) is 13.8. The summed E-state index contributed by atoms with van der Waals surface area (Å²) in [5.74, 6) is 0.789. The van der Waals surface area contributed by atoms with Gasteiger partial charge in [-0.1, -0.05) is 19.4 Å². The van der Waals surface area contributed by atoms with E-state index in [1.807, 2.05) is 53.1 Å². The molecule has 0 spiro atoms. The van der Waals surface area contributed by atoms with Crippen LogP contribution in [-0.4, -0.2) is 20.8 Å². The van der Waals surface area contributed by atoms with Crippen LogP contribution < -0.4 is 5.32 Å². The summed E-state index contributed by atoms with van der Waals surface area (Å²) in [5.41, 5.74) is 2.53. The number of fused-ring (bicyclic) bond motifs is 1. The first kappa shape index (κ1) is 18.5. The third-order valence-electron chi connectivity index (χ3n) is 4.24. The SMILES string of the molecule is CCCC(C)(C)NC(=O)c1ccc(SCc2cn3ccccc3n2)cc1. The number of carbonyl (C=O) groups is 1. The average molecular weight is 368 g/mol. The maximum atomic E-state index is 12.4. The molecule has 2 aromatic heterocycles. The minimum atomic E-state index is -0.178. The highest BCUT2D eigenvalue weighted by Gasteiger charge is 2.19. The summed E-state index contributed by atoms with van der Waals surface area (Å²) in [4.78, 5) is 18.1. The van der Waals surface area contributed by atoms with Crippen molar-refractivity contribution in [3.05, 3.63) is 66.1 Å². The third-order valence-corrected chi connectivity index (χ3v) is 5.29. The Hall–Kier alpha value is -2.27. The zero-order valence-electron chi connectivity index (χ0n) is 15.5. The molecule has 0 aliphatic heterocycles. The van der Waals surface area contributed by atoms with Gasteiger partial charge in [0.2, 0.25) is 0 Å². The van der Waals surface area contributed by atoms with Gasteiger partial charge in [-0.05, 0) is 56.7 Å². The van der Waals surface area contributed by atoms with E-state index in [1.54, 1.807) is 11.8 Å². The van der Waals surface area contributed by atoms with Crippen LogP contribution in [0.3, 0.4) is 0 Å². The van der Waals surface area contributed by atoms with Gasteiger partial charge in [-0.15, -0.1) is 11.8 Å². The minimum absolute atomic E-state index is 0.0136. The normalized spacial score (nSPS) is 11.7. The number of amides is 1. The molecule has 2 heterocycles. The van der Waals surface area contributed by atoms with Crippen molar-refractivity contribution in [1.29, 1.82) is 0 Å². The highest BCUT2D eigenvalue weighted by atomic mass is 32.2. The van der Waals surface area contributed by atoms with E-state index >= 15 is 0 Å². The molecular weight excluding hydrogens is 342 g/mol. The topological polar surface area (TPSA) is 46.4 Å². The molecule has 1 amide bonds. The number of rotatable bonds is 7. The molecule has 0 radical (unpaired) electrons. The third kappa shape index (κ3) is 4.67. The Morgan fingerprint density at radius 3 is 2.65 bits per heavy atom. The smallest absolute Gasteiger partial charge is 0.251 e. The lowest BCUT2D eigenvalue weighted by Crippen LogP contribution is -2.43. The predicted octanol–water partition coefficient (Wildman–Crippen LogP) is 4.94. The molecule has 0 saturated carbocycles. The zero-order valence-corrected chi connectivity index (χ0v) is 16.3. The Morgan fingerprint density at radius 2 is 1.96 bits per heavy atom. The van der Waals surface area contributed by atoms with E-state index in [0.717, 1.165) is 34.8 Å². The van der Waals surface area contributed by atoms with Crippen LogP contribution in [-0.2, 0) is 5.75 Å². The summed E-state index contributed by atoms with van der Waals surface area (Å²) >= 11 is 1.72. The molecule has 4 nitrogen and oxygen atoms in total. The van der Waals surface area contributed by atoms with Crippen LogP contribution in [0.15, 0.2) is 59.8 Å². The number of nitrogens with one attached hydrogen (secondary N) is 1. The van der Waals surface area contributed by atoms with Crippen molar-refractivity contribution in [2.45, 2.75) is 49.8 Å². The minimum Gasteiger partial charge on any atom is -0.347 e. The van der Waals surface area contributed by atoms with Crippen LogP contribution >= 0.6 is 11.8 Å². The molecule has 1 aromatic carbocycles. The number of hydrogen-bond acceptors (Lipinski definition) is 3. The lowest BCUT2D eigenvalue weighted by Gasteiger charge is -2.25. The second kappa shape index (κ2) is 7.96. The molecule has 0 bridgehead atoms. The van der Waals surface area contributed by atoms with Gasteiger partial charge in [-0.2, -0.15) is 0 Å². The number of pyridine rings is 1. The fourth-order valence-corrected chi connectivity index (χ4v) is 3.77. The second-order valence-electron chi connectivity index (χ2n) is 7.10. The highest BCUT2D eigenvalue weighted by Crippen LogP contribution is 2.23. The van der Waals surface area contributed by atoms with Gasteiger partial charge in [-0.25, -0.2) is 4.98 Å². The van der Waals surface area contributed by atoms with Gasteiger partial charge in [0.25, 0.3) is 5.91 Å². The number of hydrogen-bond donors (Lipinski definition) is 1. The standard InChI is InChI=1S/C21H25N3OS/c1-4-12-21(2,3)23-20(25)16-8-10-18(11-9-16)26-15-17-14-24-13-6-5-7-19(24)22-17/h5-11,13-14H,4,12,15H2,1-3H3,(H,23,25). The lowest BCUT2D eigenvalue weighted by atomic mass is 9.98. The van der Waals surface area contributed by atoms with E-state index in [9.17, 15) is 4.79 Å². The van der Waals surface area contributed by atoms with E-state index in [1.165, 1.54) is 0 Å². The Labute approximate surface area is 159 Å². The van der Waals surface area contributed by atoms with Gasteiger partial charge in [0, 0.05) is 34.1 Å². The van der Waals surface area contributed by atoms with Crippen LogP contribution in [0.25, 0.3) is 5.65 Å². The van der Waals surface area contributed by atoms with E-state index in [2.05, 4.69) is 37.3 Å². The summed E-state index contributed by atoms with van der Waals surface area (Å²) < 4.78 is 2.03. The number of aromatic nitrogens is 2. The second-order valence-corrected chi connectivity index (χ2v) is 8.15. The fraction of sp³-hybridized carbons (Fsp3) is 0.333. The zero-order chi connectivity index (χ0) is 18.6. The van der Waals surface area contributed by atoms with Crippen molar-refractivity contribution in [1.82, 2.24) is 14.7 Å². The molecule has 26 heavy (non-hydrogen) atoms. The first-order chi connectivity index (χ1) is 12.5. The van der Waals surface area contributed by atoms with Crippen molar-refractivity contribution >= 4 is 23.3 Å². The average Bonchev–Trinajstić information content (AvgIpc) is 3.03. The van der Waals surface area contributed by atoms with Crippen LogP contribution in [0.4, 0.5) is 0 Å². The highest BCUT2D eigenvalue weighted by molar-refractivity contribution is 7.98. The molecule has 5 heteroatoms. The molecule has 0 aliphatic rings. The molecule has 0 fully saturated rings. The van der Waals surface area contributed by atoms with Gasteiger partial charge >= 0.3 is 0 Å². The molecule has 3 aromatic rings. The van der Waals surface area contributed by atoms with Gasteiger partial charge in [0.15, 0.2) is 0 Å². The maximum Gasteiger partial charge on any atom is 0.251 e. The number of nitrogens with zero attached hydrogens (tertiary/aromatic N) is 2. The molecule has 136 valence electrons. The van der Waals surface area contributed by atoms with E-state index < -0.39 is 0 Å². The monoisotopic (exact) mass is 367 g/mol. The van der Waals surface area contributed by atoms with Crippen molar-refractivity contribution in [2.75, 3.05) is 0 Å². The first-order valence-corrected chi connectivity index (χ1v) is 9.93. The van der Waals surface area contributed by atoms with Crippen molar-refractivity contribution in [3.8, 4) is 0 Å². The quantitative estimate of drug-likeness (QED) is 0.602. The van der Waals surface area contributed by atoms with Crippen LogP contribution in [0.1, 0.15) is 49.7 Å². The van der Waals surface area contributed by atoms with Crippen molar-refractivity contribution in [2.24, 2.45) is 0 Å². The number of carbonyl (C=O) groups excluding carboxylic acids is 1. The van der Waals surface area contributed by atoms with E-state index in [-0.39, 0.29) is 11.4 Å². The van der Waals surface area contributed by atoms with E-state index in [0.29, 0.717) is 5.56 Å². The Morgan fingerprint density at radius 1 is 1.19 bits per heavy atom. The fourth-order valence-electron chi connectivity index (χ4n) is 2.98. The van der Waals surface area contributed by atoms with Crippen molar-refractivity contribution < 1.29 is 4.79 Å². The van der Waals surface area contributed by atoms with Gasteiger partial charge in [0.05, 0.1) is 5.69 Å². The first-order valence-electron chi connectivity index (χ1n) is 8.95. The Bertz CT molecular complexity index is 851. The number of benzene rings is 1. The van der Waals surface area contributed by atoms with Gasteiger partial charge < -0.3 is 9.72 Å². The van der Waals surface area contributed by atoms with Crippen molar-refractivity contribution in [3.63, 3.8) is 0 Å². The maximum absolute atomic E-state index is 12.4.